The van der Waals surface area contributed by atoms with Gasteiger partial charge in [0.05, 0.1) is 17.0 Å². The Morgan fingerprint density at radius 2 is 1.70 bits per heavy atom. The number of amides is 1. The van der Waals surface area contributed by atoms with E-state index in [1.54, 1.807) is 24.3 Å². The van der Waals surface area contributed by atoms with E-state index in [0.717, 1.165) is 16.3 Å². The number of thiocarbonyl (C=S) groups is 1. The second kappa shape index (κ2) is 8.36. The third kappa shape index (κ3) is 3.61. The zero-order valence-electron chi connectivity index (χ0n) is 15.9. The minimum atomic E-state index is -0.690. The molecule has 30 heavy (non-hydrogen) atoms. The van der Waals surface area contributed by atoms with E-state index in [0.29, 0.717) is 29.5 Å². The van der Waals surface area contributed by atoms with Gasteiger partial charge in [0.2, 0.25) is 0 Å². The highest BCUT2D eigenvalue weighted by molar-refractivity contribution is 7.81. The maximum absolute atomic E-state index is 13.0. The van der Waals surface area contributed by atoms with Crippen LogP contribution in [0.3, 0.4) is 0 Å². The van der Waals surface area contributed by atoms with Gasteiger partial charge in [-0.1, -0.05) is 60.2 Å². The Labute approximate surface area is 184 Å². The summed E-state index contributed by atoms with van der Waals surface area (Å²) in [5.74, 6) is -1.34. The van der Waals surface area contributed by atoms with Crippen molar-refractivity contribution in [1.82, 2.24) is 5.32 Å². The molecular formula is C23H18ClN3O2S. The van der Waals surface area contributed by atoms with Crippen LogP contribution in [0.15, 0.2) is 72.3 Å². The summed E-state index contributed by atoms with van der Waals surface area (Å²) in [6.45, 7) is 0.789. The molecule has 1 aliphatic rings. The maximum atomic E-state index is 13.0. The lowest BCUT2D eigenvalue weighted by Crippen LogP contribution is -2.29. The molecule has 0 atom stereocenters. The summed E-state index contributed by atoms with van der Waals surface area (Å²) in [5.41, 5.74) is 7.62. The van der Waals surface area contributed by atoms with Gasteiger partial charge in [0.1, 0.15) is 4.99 Å². The molecule has 4 rings (SSSR count). The molecule has 0 aromatic heterocycles. The van der Waals surface area contributed by atoms with Crippen LogP contribution in [0, 0.1) is 0 Å². The van der Waals surface area contributed by atoms with Crippen LogP contribution in [0.1, 0.15) is 5.56 Å². The first kappa shape index (κ1) is 20.2. The summed E-state index contributed by atoms with van der Waals surface area (Å²) >= 11 is 11.5. The van der Waals surface area contributed by atoms with Crippen LogP contribution in [0.2, 0.25) is 5.02 Å². The zero-order chi connectivity index (χ0) is 21.3. The van der Waals surface area contributed by atoms with Crippen molar-refractivity contribution in [2.45, 2.75) is 0 Å². The third-order valence-corrected chi connectivity index (χ3v) is 5.50. The zero-order valence-corrected chi connectivity index (χ0v) is 17.5. The number of benzene rings is 3. The molecule has 150 valence electrons. The van der Waals surface area contributed by atoms with Gasteiger partial charge in [-0.15, -0.1) is 0 Å². The van der Waals surface area contributed by atoms with E-state index in [2.05, 4.69) is 5.32 Å². The molecule has 0 unspecified atom stereocenters. The first-order valence-electron chi connectivity index (χ1n) is 9.37. The number of ketones is 1. The fourth-order valence-corrected chi connectivity index (χ4v) is 3.94. The highest BCUT2D eigenvalue weighted by atomic mass is 35.5. The normalized spacial score (nSPS) is 15.8. The highest BCUT2D eigenvalue weighted by Crippen LogP contribution is 2.31. The summed E-state index contributed by atoms with van der Waals surface area (Å²) in [7, 11) is 0. The first-order valence-corrected chi connectivity index (χ1v) is 10.2. The fourth-order valence-electron chi connectivity index (χ4n) is 3.43. The molecule has 1 amide bonds. The number of nitrogens with one attached hydrogen (secondary N) is 1. The summed E-state index contributed by atoms with van der Waals surface area (Å²) in [6.07, 6.45) is 0. The van der Waals surface area contributed by atoms with Gasteiger partial charge in [-0.3, -0.25) is 14.5 Å². The Morgan fingerprint density at radius 3 is 2.40 bits per heavy atom. The molecule has 7 heteroatoms. The molecule has 3 aromatic rings. The minimum Gasteiger partial charge on any atom is -0.383 e. The fraction of sp³-hybridized carbons (Fsp3) is 0.0870. The van der Waals surface area contributed by atoms with Gasteiger partial charge in [0, 0.05) is 18.1 Å². The van der Waals surface area contributed by atoms with Crippen molar-refractivity contribution in [2.75, 3.05) is 18.0 Å². The number of Topliss-reactive ketones (excluding diaryl/α,β-unsaturated/α-hetero) is 1. The number of carbonyl (C=O) groups excluding carboxylic acids is 2. The molecule has 0 saturated carbocycles. The Balaban J connectivity index is 1.85. The van der Waals surface area contributed by atoms with Gasteiger partial charge in [-0.25, -0.2) is 0 Å². The number of nitrogens with zero attached hydrogens (tertiary/aromatic N) is 1. The van der Waals surface area contributed by atoms with Crippen molar-refractivity contribution >= 4 is 62.7 Å². The molecule has 0 aliphatic carbocycles. The van der Waals surface area contributed by atoms with E-state index >= 15 is 0 Å². The monoisotopic (exact) mass is 435 g/mol. The van der Waals surface area contributed by atoms with E-state index in [-0.39, 0.29) is 10.6 Å². The van der Waals surface area contributed by atoms with Crippen molar-refractivity contribution in [1.29, 1.82) is 0 Å². The molecule has 3 N–H and O–H groups in total. The largest absolute Gasteiger partial charge is 0.383 e. The standard InChI is InChI=1S/C23H18ClN3O2S/c24-17-7-9-18(10-8-17)27-22(29)21(28)19(23(27)30)20(26-12-11-25)16-6-5-14-3-1-2-4-15(14)13-16/h1-10,13,26H,11-12,25H2/b20-19+. The number of fused-ring (bicyclic) bond motifs is 1. The lowest BCUT2D eigenvalue weighted by atomic mass is 10.0. The summed E-state index contributed by atoms with van der Waals surface area (Å²) in [6, 6.07) is 20.4. The molecule has 0 bridgehead atoms. The molecule has 5 nitrogen and oxygen atoms in total. The predicted octanol–water partition coefficient (Wildman–Crippen LogP) is 3.70. The van der Waals surface area contributed by atoms with Gasteiger partial charge in [-0.2, -0.15) is 0 Å². The van der Waals surface area contributed by atoms with Crippen molar-refractivity contribution in [3.8, 4) is 0 Å². The lowest BCUT2D eigenvalue weighted by Gasteiger charge is -2.17. The number of carbonyl (C=O) groups is 2. The van der Waals surface area contributed by atoms with Crippen LogP contribution in [0.4, 0.5) is 5.69 Å². The smallest absolute Gasteiger partial charge is 0.304 e. The van der Waals surface area contributed by atoms with Crippen molar-refractivity contribution in [3.05, 3.63) is 82.9 Å². The Morgan fingerprint density at radius 1 is 1.00 bits per heavy atom. The lowest BCUT2D eigenvalue weighted by molar-refractivity contribution is -0.132. The third-order valence-electron chi connectivity index (χ3n) is 4.86. The molecule has 1 aliphatic heterocycles. The van der Waals surface area contributed by atoms with Gasteiger partial charge in [0.15, 0.2) is 0 Å². The van der Waals surface area contributed by atoms with E-state index in [4.69, 9.17) is 29.6 Å². The number of rotatable bonds is 5. The Kier molecular flexibility index (Phi) is 5.63. The second-order valence-corrected chi connectivity index (χ2v) is 7.60. The van der Waals surface area contributed by atoms with Crippen LogP contribution in [-0.2, 0) is 9.59 Å². The van der Waals surface area contributed by atoms with Crippen molar-refractivity contribution < 1.29 is 9.59 Å². The number of hydrogen-bond donors (Lipinski definition) is 2. The molecule has 0 radical (unpaired) electrons. The highest BCUT2D eigenvalue weighted by Gasteiger charge is 2.42. The summed E-state index contributed by atoms with van der Waals surface area (Å²) in [5, 5.41) is 5.82. The van der Waals surface area contributed by atoms with Gasteiger partial charge in [-0.05, 0) is 46.7 Å². The SMILES string of the molecule is NCCN/C(=C1\C(=O)C(=O)N(c2ccc(Cl)cc2)C1=S)c1ccc2ccccc2c1. The predicted molar refractivity (Wildman–Crippen MR) is 124 cm³/mol. The summed E-state index contributed by atoms with van der Waals surface area (Å²) in [4.78, 5) is 27.2. The number of anilines is 1. The second-order valence-electron chi connectivity index (χ2n) is 6.78. The Hall–Kier alpha value is -3.06. The van der Waals surface area contributed by atoms with E-state index in [1.165, 1.54) is 4.90 Å². The summed E-state index contributed by atoms with van der Waals surface area (Å²) < 4.78 is 0. The van der Waals surface area contributed by atoms with Crippen LogP contribution in [0.5, 0.6) is 0 Å². The topological polar surface area (TPSA) is 75.4 Å². The number of hydrogen-bond acceptors (Lipinski definition) is 5. The van der Waals surface area contributed by atoms with Gasteiger partial charge in [0.25, 0.3) is 5.78 Å². The molecule has 1 saturated heterocycles. The molecule has 1 fully saturated rings. The van der Waals surface area contributed by atoms with E-state index in [9.17, 15) is 9.59 Å². The number of nitrogens with two attached hydrogens (primary N) is 1. The van der Waals surface area contributed by atoms with Crippen molar-refractivity contribution in [2.24, 2.45) is 5.73 Å². The van der Waals surface area contributed by atoms with Gasteiger partial charge >= 0.3 is 5.91 Å². The van der Waals surface area contributed by atoms with Crippen LogP contribution in [0.25, 0.3) is 16.5 Å². The van der Waals surface area contributed by atoms with Crippen LogP contribution in [-0.4, -0.2) is 29.8 Å². The molecule has 3 aromatic carbocycles. The average molecular weight is 436 g/mol. The first-order chi connectivity index (χ1) is 14.5. The van der Waals surface area contributed by atoms with Crippen LogP contribution >= 0.6 is 23.8 Å². The maximum Gasteiger partial charge on any atom is 0.304 e. The number of halogens is 1. The minimum absolute atomic E-state index is 0.153. The molecule has 0 spiro atoms. The van der Waals surface area contributed by atoms with Crippen molar-refractivity contribution in [3.63, 3.8) is 0 Å². The Bertz CT molecular complexity index is 1200. The molecular weight excluding hydrogens is 418 g/mol. The van der Waals surface area contributed by atoms with E-state index < -0.39 is 11.7 Å². The quantitative estimate of drug-likeness (QED) is 0.363. The van der Waals surface area contributed by atoms with Crippen LogP contribution < -0.4 is 16.0 Å². The average Bonchev–Trinajstić information content (AvgIpc) is 2.98. The molecule has 1 heterocycles. The van der Waals surface area contributed by atoms with E-state index in [1.807, 2.05) is 42.5 Å². The van der Waals surface area contributed by atoms with Gasteiger partial charge < -0.3 is 11.1 Å².